The van der Waals surface area contributed by atoms with Gasteiger partial charge in [-0.25, -0.2) is 13.1 Å². The van der Waals surface area contributed by atoms with Gasteiger partial charge in [0.25, 0.3) is 0 Å². The van der Waals surface area contributed by atoms with Crippen molar-refractivity contribution in [3.05, 3.63) is 41.4 Å². The lowest BCUT2D eigenvalue weighted by atomic mass is 10.1. The number of aliphatic carboxylic acids is 1. The lowest BCUT2D eigenvalue weighted by Crippen LogP contribution is -2.25. The van der Waals surface area contributed by atoms with Crippen LogP contribution >= 0.6 is 11.6 Å². The van der Waals surface area contributed by atoms with Crippen molar-refractivity contribution in [1.29, 1.82) is 0 Å². The van der Waals surface area contributed by atoms with E-state index in [2.05, 4.69) is 4.72 Å². The second kappa shape index (κ2) is 7.09. The van der Waals surface area contributed by atoms with Crippen molar-refractivity contribution in [2.75, 3.05) is 6.54 Å². The molecule has 5 nitrogen and oxygen atoms in total. The Bertz CT molecular complexity index is 789. The minimum absolute atomic E-state index is 0.0333. The van der Waals surface area contributed by atoms with Crippen molar-refractivity contribution in [1.82, 2.24) is 4.72 Å². The molecule has 0 aliphatic heterocycles. The van der Waals surface area contributed by atoms with E-state index >= 15 is 0 Å². The van der Waals surface area contributed by atoms with Gasteiger partial charge in [0, 0.05) is 28.8 Å². The zero-order valence-electron chi connectivity index (χ0n) is 11.8. The third-order valence-electron chi connectivity index (χ3n) is 3.23. The van der Waals surface area contributed by atoms with E-state index in [1.54, 1.807) is 30.3 Å². The summed E-state index contributed by atoms with van der Waals surface area (Å²) in [5.41, 5.74) is 0. The zero-order valence-corrected chi connectivity index (χ0v) is 13.3. The molecule has 0 aliphatic rings. The number of fused-ring (bicyclic) bond motifs is 1. The van der Waals surface area contributed by atoms with Gasteiger partial charge < -0.3 is 5.11 Å². The van der Waals surface area contributed by atoms with Crippen molar-refractivity contribution >= 4 is 38.4 Å². The molecule has 0 spiro atoms. The normalized spacial score (nSPS) is 11.7. The number of rotatable bonds is 7. The van der Waals surface area contributed by atoms with Crippen LogP contribution in [0, 0.1) is 0 Å². The molecule has 2 rings (SSSR count). The second-order valence-electron chi connectivity index (χ2n) is 4.84. The summed E-state index contributed by atoms with van der Waals surface area (Å²) in [6, 6.07) is 10.1. The van der Waals surface area contributed by atoms with Gasteiger partial charge >= 0.3 is 5.97 Å². The SMILES string of the molecule is O=C(O)CCCCNS(=O)(=O)c1ccc(Cl)c2ccccc12. The van der Waals surface area contributed by atoms with Crippen LogP contribution in [0.2, 0.25) is 5.02 Å². The summed E-state index contributed by atoms with van der Waals surface area (Å²) in [5.74, 6) is -0.883. The highest BCUT2D eigenvalue weighted by molar-refractivity contribution is 7.89. The molecule has 0 radical (unpaired) electrons. The fourth-order valence-electron chi connectivity index (χ4n) is 2.15. The van der Waals surface area contributed by atoms with E-state index in [4.69, 9.17) is 16.7 Å². The summed E-state index contributed by atoms with van der Waals surface area (Å²) in [7, 11) is -3.66. The van der Waals surface area contributed by atoms with Crippen LogP contribution in [-0.2, 0) is 14.8 Å². The summed E-state index contributed by atoms with van der Waals surface area (Å²) in [6.07, 6.45) is 0.932. The standard InChI is InChI=1S/C15H16ClNO4S/c16-13-8-9-14(12-6-2-1-5-11(12)13)22(20,21)17-10-4-3-7-15(18)19/h1-2,5-6,8-9,17H,3-4,7,10H2,(H,18,19). The Balaban J connectivity index is 2.16. The van der Waals surface area contributed by atoms with Crippen LogP contribution in [0.25, 0.3) is 10.8 Å². The molecular formula is C15H16ClNO4S. The molecule has 2 aromatic carbocycles. The summed E-state index contributed by atoms with van der Waals surface area (Å²) < 4.78 is 27.3. The number of hydrogen-bond acceptors (Lipinski definition) is 3. The first-order valence-corrected chi connectivity index (χ1v) is 8.66. The number of carboxylic acid groups (broad SMARTS) is 1. The Morgan fingerprint density at radius 2 is 1.77 bits per heavy atom. The molecule has 0 aliphatic carbocycles. The van der Waals surface area contributed by atoms with E-state index < -0.39 is 16.0 Å². The number of halogens is 1. The number of unbranched alkanes of at least 4 members (excludes halogenated alkanes) is 1. The minimum atomic E-state index is -3.66. The van der Waals surface area contributed by atoms with Gasteiger partial charge in [-0.2, -0.15) is 0 Å². The Morgan fingerprint density at radius 3 is 2.45 bits per heavy atom. The third kappa shape index (κ3) is 3.97. The van der Waals surface area contributed by atoms with Crippen molar-refractivity contribution in [2.45, 2.75) is 24.2 Å². The molecule has 7 heteroatoms. The van der Waals surface area contributed by atoms with Gasteiger partial charge in [-0.15, -0.1) is 0 Å². The van der Waals surface area contributed by atoms with Crippen molar-refractivity contribution < 1.29 is 18.3 Å². The van der Waals surface area contributed by atoms with E-state index in [9.17, 15) is 13.2 Å². The molecule has 0 bridgehead atoms. The Labute approximate surface area is 134 Å². The highest BCUT2D eigenvalue weighted by Gasteiger charge is 2.17. The molecule has 0 saturated carbocycles. The quantitative estimate of drug-likeness (QED) is 0.758. The largest absolute Gasteiger partial charge is 0.481 e. The topological polar surface area (TPSA) is 83.5 Å². The van der Waals surface area contributed by atoms with Crippen molar-refractivity contribution in [2.24, 2.45) is 0 Å². The molecule has 0 amide bonds. The van der Waals surface area contributed by atoms with Gasteiger partial charge in [-0.1, -0.05) is 35.9 Å². The summed E-state index contributed by atoms with van der Waals surface area (Å²) in [4.78, 5) is 10.6. The summed E-state index contributed by atoms with van der Waals surface area (Å²) >= 11 is 6.08. The predicted molar refractivity (Wildman–Crippen MR) is 85.6 cm³/mol. The zero-order chi connectivity index (χ0) is 16.2. The maximum absolute atomic E-state index is 12.4. The maximum atomic E-state index is 12.4. The average Bonchev–Trinajstić information content (AvgIpc) is 2.47. The fourth-order valence-corrected chi connectivity index (χ4v) is 3.67. The highest BCUT2D eigenvalue weighted by Crippen LogP contribution is 2.28. The number of hydrogen-bond donors (Lipinski definition) is 2. The second-order valence-corrected chi connectivity index (χ2v) is 6.98. The molecule has 0 heterocycles. The first-order valence-electron chi connectivity index (χ1n) is 6.80. The van der Waals surface area contributed by atoms with Gasteiger partial charge in [0.2, 0.25) is 10.0 Å². The number of nitrogens with one attached hydrogen (secondary N) is 1. The minimum Gasteiger partial charge on any atom is -0.481 e. The monoisotopic (exact) mass is 341 g/mol. The molecule has 2 aromatic rings. The van der Waals surface area contributed by atoms with Crippen LogP contribution in [0.3, 0.4) is 0 Å². The molecule has 0 saturated heterocycles. The smallest absolute Gasteiger partial charge is 0.303 e. The third-order valence-corrected chi connectivity index (χ3v) is 5.08. The van der Waals surface area contributed by atoms with Crippen LogP contribution < -0.4 is 4.72 Å². The first-order chi connectivity index (χ1) is 10.4. The highest BCUT2D eigenvalue weighted by atomic mass is 35.5. The van der Waals surface area contributed by atoms with Crippen LogP contribution in [0.4, 0.5) is 0 Å². The van der Waals surface area contributed by atoms with Crippen LogP contribution in [-0.4, -0.2) is 26.0 Å². The van der Waals surface area contributed by atoms with E-state index in [0.29, 0.717) is 28.6 Å². The average molecular weight is 342 g/mol. The number of benzene rings is 2. The van der Waals surface area contributed by atoms with Crippen LogP contribution in [0.5, 0.6) is 0 Å². The molecule has 2 N–H and O–H groups in total. The Hall–Kier alpha value is -1.63. The van der Waals surface area contributed by atoms with E-state index in [-0.39, 0.29) is 17.9 Å². The molecule has 118 valence electrons. The summed E-state index contributed by atoms with van der Waals surface area (Å²) in [6.45, 7) is 0.201. The van der Waals surface area contributed by atoms with Crippen molar-refractivity contribution in [3.8, 4) is 0 Å². The molecule has 0 atom stereocenters. The Kier molecular flexibility index (Phi) is 5.39. The lowest BCUT2D eigenvalue weighted by Gasteiger charge is -2.10. The molecule has 0 fully saturated rings. The number of sulfonamides is 1. The van der Waals surface area contributed by atoms with E-state index in [0.717, 1.165) is 0 Å². The summed E-state index contributed by atoms with van der Waals surface area (Å²) in [5, 5.41) is 10.3. The molecule has 0 unspecified atom stereocenters. The van der Waals surface area contributed by atoms with E-state index in [1.165, 1.54) is 6.07 Å². The first kappa shape index (κ1) is 16.7. The van der Waals surface area contributed by atoms with Gasteiger partial charge in [-0.3, -0.25) is 4.79 Å². The van der Waals surface area contributed by atoms with Crippen LogP contribution in [0.1, 0.15) is 19.3 Å². The maximum Gasteiger partial charge on any atom is 0.303 e. The fraction of sp³-hybridized carbons (Fsp3) is 0.267. The van der Waals surface area contributed by atoms with Gasteiger partial charge in [-0.05, 0) is 25.0 Å². The lowest BCUT2D eigenvalue weighted by molar-refractivity contribution is -0.137. The molecule has 22 heavy (non-hydrogen) atoms. The van der Waals surface area contributed by atoms with Gasteiger partial charge in [0.05, 0.1) is 4.90 Å². The van der Waals surface area contributed by atoms with Crippen molar-refractivity contribution in [3.63, 3.8) is 0 Å². The molecular weight excluding hydrogens is 326 g/mol. The van der Waals surface area contributed by atoms with Crippen LogP contribution in [0.15, 0.2) is 41.3 Å². The van der Waals surface area contributed by atoms with E-state index in [1.807, 2.05) is 0 Å². The molecule has 0 aromatic heterocycles. The Morgan fingerprint density at radius 1 is 1.09 bits per heavy atom. The van der Waals surface area contributed by atoms with Gasteiger partial charge in [0.15, 0.2) is 0 Å². The number of carbonyl (C=O) groups is 1. The predicted octanol–water partition coefficient (Wildman–Crippen LogP) is 3.03. The van der Waals surface area contributed by atoms with Gasteiger partial charge in [0.1, 0.15) is 0 Å². The number of carboxylic acids is 1.